The van der Waals surface area contributed by atoms with Crippen LogP contribution in [0.5, 0.6) is 0 Å². The number of carbonyl (C=O) groups excluding carboxylic acids is 2. The van der Waals surface area contributed by atoms with Gasteiger partial charge >= 0.3 is 0 Å². The van der Waals surface area contributed by atoms with E-state index in [9.17, 15) is 9.59 Å². The molecule has 0 heterocycles. The van der Waals surface area contributed by atoms with Gasteiger partial charge in [-0.3, -0.25) is 9.59 Å². The number of quaternary nitrogens is 1. The van der Waals surface area contributed by atoms with Crippen LogP contribution in [0.1, 0.15) is 214 Å². The Morgan fingerprint density at radius 3 is 1.06 bits per heavy atom. The number of likely N-dealkylation sites (N-methyl/N-ethyl adjacent to an activating group) is 1. The fourth-order valence-corrected chi connectivity index (χ4v) is 6.67. The van der Waals surface area contributed by atoms with Crippen molar-refractivity contribution in [2.45, 2.75) is 220 Å². The number of Topliss-reactive ketones (excluding diaryl/α,β-unsaturated/α-hetero) is 2. The number of hydrogen-bond acceptors (Lipinski definition) is 2. The molecule has 2 unspecified atom stereocenters. The number of ketones is 2. The molecule has 0 bridgehead atoms. The molecule has 0 aromatic rings. The fourth-order valence-electron chi connectivity index (χ4n) is 6.67. The molecule has 0 radical (unpaired) electrons. The maximum Gasteiger partial charge on any atom is 0.190 e. The fraction of sp³-hybridized carbons (Fsp3) is 0.867. The van der Waals surface area contributed by atoms with E-state index in [0.717, 1.165) is 38.0 Å². The topological polar surface area (TPSA) is 34.1 Å². The molecule has 0 rings (SSSR count). The molecule has 0 aliphatic carbocycles. The van der Waals surface area contributed by atoms with E-state index < -0.39 is 0 Å². The van der Waals surface area contributed by atoms with Crippen LogP contribution >= 0.6 is 11.6 Å². The molecule has 3 nitrogen and oxygen atoms in total. The zero-order valence-corrected chi connectivity index (χ0v) is 35.1. The third kappa shape index (κ3) is 35.3. The Morgan fingerprint density at radius 2 is 0.755 bits per heavy atom. The molecular formula is C45H87ClNO2+. The molecule has 4 heteroatoms. The minimum Gasteiger partial charge on any atom is -0.322 e. The Hall–Kier alpha value is -0.930. The second-order valence-electron chi connectivity index (χ2n) is 15.6. The Balaban J connectivity index is 0. The average Bonchev–Trinajstić information content (AvgIpc) is 3.07. The molecular weight excluding hydrogens is 622 g/mol. The van der Waals surface area contributed by atoms with Crippen molar-refractivity contribution in [3.8, 4) is 0 Å². The van der Waals surface area contributed by atoms with Crippen molar-refractivity contribution in [1.29, 1.82) is 0 Å². The maximum absolute atomic E-state index is 13.3. The van der Waals surface area contributed by atoms with Gasteiger partial charge in [0.1, 0.15) is 5.78 Å². The van der Waals surface area contributed by atoms with Crippen LogP contribution in [0.4, 0.5) is 0 Å². The van der Waals surface area contributed by atoms with Crippen molar-refractivity contribution in [3.05, 3.63) is 24.3 Å². The van der Waals surface area contributed by atoms with Crippen LogP contribution in [0.25, 0.3) is 0 Å². The van der Waals surface area contributed by atoms with E-state index in [-0.39, 0.29) is 23.5 Å². The van der Waals surface area contributed by atoms with E-state index in [1.54, 1.807) is 0 Å². The molecule has 0 amide bonds. The third-order valence-electron chi connectivity index (χ3n) is 9.70. The number of nitrogens with zero attached hydrogens (tertiary/aromatic N) is 1. The van der Waals surface area contributed by atoms with Crippen molar-refractivity contribution in [1.82, 2.24) is 0 Å². The van der Waals surface area contributed by atoms with Gasteiger partial charge in [0.05, 0.1) is 27.1 Å². The predicted octanol–water partition coefficient (Wildman–Crippen LogP) is 14.5. The van der Waals surface area contributed by atoms with Crippen molar-refractivity contribution < 1.29 is 14.1 Å². The summed E-state index contributed by atoms with van der Waals surface area (Å²) in [6.45, 7) is 8.60. The van der Waals surface area contributed by atoms with Crippen LogP contribution in [0.2, 0.25) is 0 Å². The van der Waals surface area contributed by atoms with Gasteiger partial charge in [-0.25, -0.2) is 0 Å². The number of rotatable bonds is 35. The van der Waals surface area contributed by atoms with Crippen LogP contribution in [-0.4, -0.2) is 49.1 Å². The largest absolute Gasteiger partial charge is 0.322 e. The first-order valence-corrected chi connectivity index (χ1v) is 21.9. The quantitative estimate of drug-likeness (QED) is 0.0284. The summed E-state index contributed by atoms with van der Waals surface area (Å²) in [6, 6.07) is -0.225. The highest BCUT2D eigenvalue weighted by Crippen LogP contribution is 2.22. The van der Waals surface area contributed by atoms with Crippen LogP contribution in [0.3, 0.4) is 0 Å². The second kappa shape index (κ2) is 38.3. The molecule has 0 saturated heterocycles. The normalized spacial score (nSPS) is 13.1. The molecule has 290 valence electrons. The van der Waals surface area contributed by atoms with Gasteiger partial charge in [-0.05, 0) is 77.6 Å². The molecule has 0 aliphatic heterocycles. The summed E-state index contributed by atoms with van der Waals surface area (Å²) < 4.78 is 0.545. The lowest BCUT2D eigenvalue weighted by atomic mass is 9.87. The van der Waals surface area contributed by atoms with Crippen molar-refractivity contribution in [2.24, 2.45) is 5.92 Å². The average molecular weight is 710 g/mol. The number of carbonyl (C=O) groups is 2. The number of hydrogen-bond donors (Lipinski definition) is 0. The van der Waals surface area contributed by atoms with Gasteiger partial charge in [0.15, 0.2) is 11.8 Å². The van der Waals surface area contributed by atoms with Gasteiger partial charge < -0.3 is 4.48 Å². The lowest BCUT2D eigenvalue weighted by molar-refractivity contribution is -0.889. The van der Waals surface area contributed by atoms with Gasteiger partial charge in [-0.2, -0.15) is 0 Å². The molecule has 0 N–H and O–H groups in total. The monoisotopic (exact) mass is 709 g/mol. The molecule has 0 aromatic carbocycles. The van der Waals surface area contributed by atoms with Gasteiger partial charge in [-0.15, -0.1) is 11.6 Å². The van der Waals surface area contributed by atoms with Gasteiger partial charge in [0.2, 0.25) is 0 Å². The van der Waals surface area contributed by atoms with Crippen LogP contribution in [0, 0.1) is 5.92 Å². The summed E-state index contributed by atoms with van der Waals surface area (Å²) >= 11 is 5.19. The van der Waals surface area contributed by atoms with E-state index in [1.807, 2.05) is 13.8 Å². The van der Waals surface area contributed by atoms with Gasteiger partial charge in [0.25, 0.3) is 0 Å². The summed E-state index contributed by atoms with van der Waals surface area (Å²) in [4.78, 5) is 26.4. The van der Waals surface area contributed by atoms with Gasteiger partial charge in [0, 0.05) is 18.7 Å². The van der Waals surface area contributed by atoms with Crippen LogP contribution in [-0.2, 0) is 9.59 Å². The summed E-state index contributed by atoms with van der Waals surface area (Å²) in [5, 5.41) is 0. The van der Waals surface area contributed by atoms with E-state index in [0.29, 0.717) is 17.3 Å². The zero-order chi connectivity index (χ0) is 36.9. The maximum atomic E-state index is 13.3. The van der Waals surface area contributed by atoms with Crippen molar-refractivity contribution >= 4 is 23.2 Å². The smallest absolute Gasteiger partial charge is 0.190 e. The Morgan fingerprint density at radius 1 is 0.469 bits per heavy atom. The van der Waals surface area contributed by atoms with E-state index >= 15 is 0 Å². The molecule has 0 aliphatic rings. The molecule has 2 atom stereocenters. The highest BCUT2D eigenvalue weighted by molar-refractivity contribution is 6.17. The van der Waals surface area contributed by atoms with Gasteiger partial charge in [-0.1, -0.05) is 148 Å². The first-order valence-electron chi connectivity index (χ1n) is 21.4. The minimum atomic E-state index is -0.225. The highest BCUT2D eigenvalue weighted by Gasteiger charge is 2.39. The number of alkyl halides is 1. The summed E-state index contributed by atoms with van der Waals surface area (Å²) in [5.74, 6) is 1.16. The number of halogens is 1. The first-order chi connectivity index (χ1) is 23.7. The second-order valence-corrected chi connectivity index (χ2v) is 16.0. The van der Waals surface area contributed by atoms with Crippen LogP contribution in [0.15, 0.2) is 24.3 Å². The number of unbranched alkanes of at least 4 members (excludes halogenated alkanes) is 22. The third-order valence-corrected chi connectivity index (χ3v) is 10.1. The SMILES string of the molecule is CCCCCCCC/C=C\CCCCCCCC(=O)C(C)C(C(=O)CCCCCCC/C=C\CCCCCCCC)[N+](C)(C)C.CCCCl. The van der Waals surface area contributed by atoms with E-state index in [1.165, 1.54) is 141 Å². The molecule has 0 aromatic heterocycles. The summed E-state index contributed by atoms with van der Waals surface area (Å²) in [5.41, 5.74) is 0. The zero-order valence-electron chi connectivity index (χ0n) is 34.3. The highest BCUT2D eigenvalue weighted by atomic mass is 35.5. The number of allylic oxidation sites excluding steroid dienone is 4. The molecule has 49 heavy (non-hydrogen) atoms. The Kier molecular flexibility index (Phi) is 39.2. The minimum absolute atomic E-state index is 0.197. The lowest BCUT2D eigenvalue weighted by Crippen LogP contribution is -2.55. The molecule has 0 spiro atoms. The predicted molar refractivity (Wildman–Crippen MR) is 221 cm³/mol. The van der Waals surface area contributed by atoms with Crippen molar-refractivity contribution in [2.75, 3.05) is 27.0 Å². The standard InChI is InChI=1S/C42H80NO2.C3H7Cl/c1-7-9-11-13-15-17-19-21-23-25-27-29-31-33-35-37-40(44)39(3)42(43(4,5)6)41(45)38-36-34-32-30-28-26-24-22-20-18-16-14-12-10-8-2;1-2-3-4/h21-24,39,42H,7-20,25-38H2,1-6H3;2-3H2,1H3/q+1;/b23-21-,24-22-;. The molecule has 0 saturated carbocycles. The summed E-state index contributed by atoms with van der Waals surface area (Å²) in [7, 11) is 6.23. The lowest BCUT2D eigenvalue weighted by Gasteiger charge is -2.36. The van der Waals surface area contributed by atoms with Crippen molar-refractivity contribution in [3.63, 3.8) is 0 Å². The molecule has 0 fully saturated rings. The first kappa shape index (κ1) is 50.2. The van der Waals surface area contributed by atoms with E-state index in [2.05, 4.69) is 59.3 Å². The van der Waals surface area contributed by atoms with E-state index in [4.69, 9.17) is 11.6 Å². The Labute approximate surface area is 313 Å². The summed E-state index contributed by atoms with van der Waals surface area (Å²) in [6.07, 6.45) is 44.7. The van der Waals surface area contributed by atoms with Crippen LogP contribution < -0.4 is 0 Å². The Bertz CT molecular complexity index is 766.